The minimum atomic E-state index is -3.28. The molecule has 0 unspecified atom stereocenters. The molecule has 11 heteroatoms. The molecule has 0 radical (unpaired) electrons. The van der Waals surface area contributed by atoms with E-state index in [0.717, 1.165) is 45.5 Å². The molecule has 0 spiro atoms. The molecule has 1 aliphatic rings. The highest BCUT2D eigenvalue weighted by Gasteiger charge is 2.23. The van der Waals surface area contributed by atoms with Crippen molar-refractivity contribution < 1.29 is 27.5 Å². The Hall–Kier alpha value is -4.22. The first-order valence-corrected chi connectivity index (χ1v) is 13.6. The number of sulfonamides is 1. The molecule has 10 nitrogen and oxygen atoms in total. The first-order valence-electron chi connectivity index (χ1n) is 11.8. The second-order valence-electron chi connectivity index (χ2n) is 8.92. The highest BCUT2D eigenvalue weighted by molar-refractivity contribution is 7.88. The van der Waals surface area contributed by atoms with Crippen LogP contribution in [0.2, 0.25) is 0 Å². The summed E-state index contributed by atoms with van der Waals surface area (Å²) in [5, 5.41) is 3.54. The van der Waals surface area contributed by atoms with Gasteiger partial charge in [-0.1, -0.05) is 24.3 Å². The van der Waals surface area contributed by atoms with Crippen LogP contribution in [0.3, 0.4) is 0 Å². The second kappa shape index (κ2) is 10.6. The molecule has 0 aliphatic carbocycles. The molecule has 0 bridgehead atoms. The van der Waals surface area contributed by atoms with E-state index >= 15 is 0 Å². The van der Waals surface area contributed by atoms with E-state index in [1.807, 2.05) is 31.2 Å². The number of benzene rings is 2. The molecule has 4 N–H and O–H groups in total. The molecular formula is C27H28N4O6S. The van der Waals surface area contributed by atoms with Gasteiger partial charge in [0, 0.05) is 42.0 Å². The summed E-state index contributed by atoms with van der Waals surface area (Å²) in [6.07, 6.45) is 5.70. The summed E-state index contributed by atoms with van der Waals surface area (Å²) in [5.41, 5.74) is 11.3. The van der Waals surface area contributed by atoms with Crippen LogP contribution in [0.1, 0.15) is 28.0 Å². The van der Waals surface area contributed by atoms with E-state index < -0.39 is 27.8 Å². The van der Waals surface area contributed by atoms with Gasteiger partial charge in [-0.2, -0.15) is 4.31 Å². The molecule has 1 aliphatic heterocycles. The number of hydrogen-bond acceptors (Lipinski definition) is 6. The molecule has 198 valence electrons. The van der Waals surface area contributed by atoms with Crippen molar-refractivity contribution in [2.75, 3.05) is 31.8 Å². The zero-order valence-corrected chi connectivity index (χ0v) is 22.0. The zero-order valence-electron chi connectivity index (χ0n) is 21.2. The Morgan fingerprint density at radius 3 is 2.53 bits per heavy atom. The van der Waals surface area contributed by atoms with E-state index in [1.54, 1.807) is 18.2 Å². The van der Waals surface area contributed by atoms with Gasteiger partial charge in [0.05, 0.1) is 24.4 Å². The third-order valence-corrected chi connectivity index (χ3v) is 7.77. The van der Waals surface area contributed by atoms with Gasteiger partial charge in [0.2, 0.25) is 15.9 Å². The summed E-state index contributed by atoms with van der Waals surface area (Å²) in [4.78, 5) is 39.1. The van der Waals surface area contributed by atoms with Crippen LogP contribution < -0.4 is 11.1 Å². The van der Waals surface area contributed by atoms with Crippen molar-refractivity contribution in [1.82, 2.24) is 9.29 Å². The maximum absolute atomic E-state index is 12.3. The Labute approximate surface area is 220 Å². The number of nitrogens with two attached hydrogens (primary N) is 1. The fraction of sp³-hybridized carbons (Fsp3) is 0.222. The number of nitrogens with zero attached hydrogens (tertiary/aromatic N) is 1. The normalized spacial score (nSPS) is 14.4. The summed E-state index contributed by atoms with van der Waals surface area (Å²) in [7, 11) is -2.06. The number of amides is 2. The lowest BCUT2D eigenvalue weighted by atomic mass is 9.94. The first-order chi connectivity index (χ1) is 18.0. The first kappa shape index (κ1) is 26.8. The van der Waals surface area contributed by atoms with Crippen LogP contribution in [-0.4, -0.2) is 61.9 Å². The Morgan fingerprint density at radius 1 is 1.13 bits per heavy atom. The third kappa shape index (κ3) is 5.53. The molecule has 0 saturated heterocycles. The predicted molar refractivity (Wildman–Crippen MR) is 146 cm³/mol. The summed E-state index contributed by atoms with van der Waals surface area (Å²) >= 11 is 0. The monoisotopic (exact) mass is 536 g/mol. The van der Waals surface area contributed by atoms with Gasteiger partial charge in [-0.25, -0.2) is 13.2 Å². The average Bonchev–Trinajstić information content (AvgIpc) is 3.33. The number of fused-ring (bicyclic) bond motifs is 1. The molecule has 2 amide bonds. The lowest BCUT2D eigenvalue weighted by Gasteiger charge is -2.23. The van der Waals surface area contributed by atoms with Gasteiger partial charge in [-0.05, 0) is 53.8 Å². The number of carbonyl (C=O) groups is 3. The standard InChI is InChI=1S/C27H28N4O6S/c1-16-18(5-4-6-22(16)29-24(32)9-10-25(33)37-2)19-7-8-20(27(28)34)26-21(19)15-23(30-26)17-11-13-31(14-12-17)38(3,35)36/h4-11,15,30H,12-14H2,1-3H3,(H2,28,34)(H,29,32). The number of esters is 1. The largest absolute Gasteiger partial charge is 0.466 e. The van der Waals surface area contributed by atoms with E-state index in [-0.39, 0.29) is 6.54 Å². The Balaban J connectivity index is 1.75. The quantitative estimate of drug-likeness (QED) is 0.312. The number of nitrogens with one attached hydrogen (secondary N) is 2. The van der Waals surface area contributed by atoms with Crippen LogP contribution in [0.25, 0.3) is 27.6 Å². The molecule has 2 aromatic carbocycles. The zero-order chi connectivity index (χ0) is 27.6. The van der Waals surface area contributed by atoms with Gasteiger partial charge in [-0.3, -0.25) is 9.59 Å². The van der Waals surface area contributed by atoms with Crippen molar-refractivity contribution in [3.05, 3.63) is 71.4 Å². The van der Waals surface area contributed by atoms with Crippen LogP contribution >= 0.6 is 0 Å². The van der Waals surface area contributed by atoms with Gasteiger partial charge in [0.1, 0.15) is 0 Å². The lowest BCUT2D eigenvalue weighted by Crippen LogP contribution is -2.33. The molecule has 2 heterocycles. The van der Waals surface area contributed by atoms with Crippen molar-refractivity contribution in [1.29, 1.82) is 0 Å². The van der Waals surface area contributed by atoms with Crippen molar-refractivity contribution in [2.45, 2.75) is 13.3 Å². The van der Waals surface area contributed by atoms with Crippen LogP contribution in [0.15, 0.2) is 54.6 Å². The van der Waals surface area contributed by atoms with Crippen molar-refractivity contribution in [2.24, 2.45) is 5.73 Å². The molecule has 38 heavy (non-hydrogen) atoms. The minimum Gasteiger partial charge on any atom is -0.466 e. The maximum atomic E-state index is 12.3. The van der Waals surface area contributed by atoms with Crippen LogP contribution in [0, 0.1) is 6.92 Å². The Kier molecular flexibility index (Phi) is 7.51. The van der Waals surface area contributed by atoms with Crippen molar-refractivity contribution >= 4 is 50.0 Å². The molecule has 0 fully saturated rings. The molecule has 3 aromatic rings. The van der Waals surface area contributed by atoms with Gasteiger partial charge >= 0.3 is 5.97 Å². The van der Waals surface area contributed by atoms with E-state index in [2.05, 4.69) is 15.0 Å². The van der Waals surface area contributed by atoms with Gasteiger partial charge in [-0.15, -0.1) is 0 Å². The maximum Gasteiger partial charge on any atom is 0.330 e. The van der Waals surface area contributed by atoms with E-state index in [4.69, 9.17) is 5.73 Å². The number of methoxy groups -OCH3 is 1. The van der Waals surface area contributed by atoms with Gasteiger partial charge in [0.25, 0.3) is 5.91 Å². The number of H-pyrrole nitrogens is 1. The number of aromatic amines is 1. The SMILES string of the molecule is COC(=O)C=CC(=O)Nc1cccc(-c2ccc(C(N)=O)c3[nH]c(C4=CCN(S(C)(=O)=O)CC4)cc23)c1C. The number of rotatable bonds is 7. The smallest absolute Gasteiger partial charge is 0.330 e. The minimum absolute atomic E-state index is 0.268. The van der Waals surface area contributed by atoms with Gasteiger partial charge < -0.3 is 20.8 Å². The number of hydrogen-bond donors (Lipinski definition) is 3. The topological polar surface area (TPSA) is 152 Å². The van der Waals surface area contributed by atoms with Crippen molar-refractivity contribution in [3.63, 3.8) is 0 Å². The van der Waals surface area contributed by atoms with Gasteiger partial charge in [0.15, 0.2) is 0 Å². The summed E-state index contributed by atoms with van der Waals surface area (Å²) < 4.78 is 29.7. The van der Waals surface area contributed by atoms with E-state index in [0.29, 0.717) is 29.7 Å². The van der Waals surface area contributed by atoms with Crippen LogP contribution in [0.4, 0.5) is 5.69 Å². The summed E-state index contributed by atoms with van der Waals surface area (Å²) in [6.45, 7) is 2.49. The number of aromatic nitrogens is 1. The van der Waals surface area contributed by atoms with E-state index in [1.165, 1.54) is 17.7 Å². The second-order valence-corrected chi connectivity index (χ2v) is 10.9. The third-order valence-electron chi connectivity index (χ3n) is 6.50. The van der Waals surface area contributed by atoms with Crippen molar-refractivity contribution in [3.8, 4) is 11.1 Å². The predicted octanol–water partition coefficient (Wildman–Crippen LogP) is 2.96. The molecular weight excluding hydrogens is 508 g/mol. The fourth-order valence-electron chi connectivity index (χ4n) is 4.48. The Bertz CT molecular complexity index is 1620. The molecule has 4 rings (SSSR count). The lowest BCUT2D eigenvalue weighted by molar-refractivity contribution is -0.135. The fourth-order valence-corrected chi connectivity index (χ4v) is 5.25. The number of ether oxygens (including phenoxy) is 1. The van der Waals surface area contributed by atoms with Crippen LogP contribution in [-0.2, 0) is 24.3 Å². The molecule has 1 aromatic heterocycles. The highest BCUT2D eigenvalue weighted by atomic mass is 32.2. The molecule has 0 atom stereocenters. The van der Waals surface area contributed by atoms with Crippen LogP contribution in [0.5, 0.6) is 0 Å². The number of anilines is 1. The number of primary amides is 1. The average molecular weight is 537 g/mol. The number of carbonyl (C=O) groups excluding carboxylic acids is 3. The highest BCUT2D eigenvalue weighted by Crippen LogP contribution is 2.37. The summed E-state index contributed by atoms with van der Waals surface area (Å²) in [5.74, 6) is -1.70. The van der Waals surface area contributed by atoms with E-state index in [9.17, 15) is 22.8 Å². The molecule has 0 saturated carbocycles. The Morgan fingerprint density at radius 2 is 1.89 bits per heavy atom. The summed E-state index contributed by atoms with van der Waals surface area (Å²) in [6, 6.07) is 10.9.